The number of rotatable bonds is 5. The van der Waals surface area contributed by atoms with Crippen LogP contribution in [0, 0.1) is 0 Å². The van der Waals surface area contributed by atoms with Gasteiger partial charge in [0.2, 0.25) is 0 Å². The van der Waals surface area contributed by atoms with Gasteiger partial charge >= 0.3 is 5.97 Å². The fourth-order valence-corrected chi connectivity index (χ4v) is 1.86. The highest BCUT2D eigenvalue weighted by Crippen LogP contribution is 2.36. The molecule has 1 aromatic carbocycles. The Morgan fingerprint density at radius 3 is 2.57 bits per heavy atom. The Bertz CT molecular complexity index is 678. The average Bonchev–Trinajstić information content (AvgIpc) is 2.48. The number of hydrogen-bond acceptors (Lipinski definition) is 6. The summed E-state index contributed by atoms with van der Waals surface area (Å²) in [5.41, 5.74) is 0.357. The SMILES string of the molecule is COc1cc(Nc2cncc(C(=O)O)n2)c(OC)cc1Cl. The van der Waals surface area contributed by atoms with Gasteiger partial charge in [-0.05, 0) is 0 Å². The second-order valence-electron chi connectivity index (χ2n) is 3.91. The summed E-state index contributed by atoms with van der Waals surface area (Å²) in [7, 11) is 2.98. The van der Waals surface area contributed by atoms with Crippen LogP contribution in [0.1, 0.15) is 10.5 Å². The highest BCUT2D eigenvalue weighted by Gasteiger charge is 2.12. The fraction of sp³-hybridized carbons (Fsp3) is 0.154. The van der Waals surface area contributed by atoms with E-state index in [4.69, 9.17) is 26.2 Å². The van der Waals surface area contributed by atoms with Crippen LogP contribution in [0.2, 0.25) is 5.02 Å². The summed E-state index contributed by atoms with van der Waals surface area (Å²) >= 11 is 6.01. The molecule has 0 saturated carbocycles. The van der Waals surface area contributed by atoms with E-state index >= 15 is 0 Å². The minimum absolute atomic E-state index is 0.167. The van der Waals surface area contributed by atoms with Crippen LogP contribution in [0.25, 0.3) is 0 Å². The highest BCUT2D eigenvalue weighted by atomic mass is 35.5. The number of nitrogens with one attached hydrogen (secondary N) is 1. The molecule has 0 amide bonds. The van der Waals surface area contributed by atoms with Crippen molar-refractivity contribution in [1.29, 1.82) is 0 Å². The van der Waals surface area contributed by atoms with Crippen LogP contribution in [-0.4, -0.2) is 35.3 Å². The lowest BCUT2D eigenvalue weighted by Gasteiger charge is -2.13. The van der Waals surface area contributed by atoms with Crippen molar-refractivity contribution in [3.8, 4) is 11.5 Å². The number of benzene rings is 1. The molecule has 21 heavy (non-hydrogen) atoms. The van der Waals surface area contributed by atoms with Crippen molar-refractivity contribution in [3.05, 3.63) is 35.2 Å². The minimum atomic E-state index is -1.16. The topological polar surface area (TPSA) is 93.6 Å². The summed E-state index contributed by atoms with van der Waals surface area (Å²) in [6.45, 7) is 0. The van der Waals surface area contributed by atoms with Crippen molar-refractivity contribution in [2.75, 3.05) is 19.5 Å². The van der Waals surface area contributed by atoms with E-state index in [9.17, 15) is 4.79 Å². The van der Waals surface area contributed by atoms with Crippen molar-refractivity contribution in [3.63, 3.8) is 0 Å². The number of aromatic nitrogens is 2. The van der Waals surface area contributed by atoms with E-state index in [0.717, 1.165) is 6.20 Å². The first-order chi connectivity index (χ1) is 10.0. The summed E-state index contributed by atoms with van der Waals surface area (Å²) in [5, 5.41) is 12.2. The molecule has 8 heteroatoms. The van der Waals surface area contributed by atoms with Crippen molar-refractivity contribution in [2.24, 2.45) is 0 Å². The van der Waals surface area contributed by atoms with E-state index in [1.807, 2.05) is 0 Å². The molecule has 7 nitrogen and oxygen atoms in total. The lowest BCUT2D eigenvalue weighted by molar-refractivity contribution is 0.0690. The molecule has 0 aliphatic heterocycles. The number of carboxylic acid groups (broad SMARTS) is 1. The quantitative estimate of drug-likeness (QED) is 0.876. The van der Waals surface area contributed by atoms with Crippen molar-refractivity contribution >= 4 is 29.1 Å². The Hall–Kier alpha value is -2.54. The summed E-state index contributed by atoms with van der Waals surface area (Å²) in [6.07, 6.45) is 2.56. The summed E-state index contributed by atoms with van der Waals surface area (Å²) < 4.78 is 10.3. The predicted octanol–water partition coefficient (Wildman–Crippen LogP) is 2.59. The van der Waals surface area contributed by atoms with Crippen molar-refractivity contribution in [2.45, 2.75) is 0 Å². The third-order valence-electron chi connectivity index (χ3n) is 2.59. The van der Waals surface area contributed by atoms with Crippen LogP contribution >= 0.6 is 11.6 Å². The van der Waals surface area contributed by atoms with Crippen LogP contribution in [-0.2, 0) is 0 Å². The minimum Gasteiger partial charge on any atom is -0.495 e. The maximum Gasteiger partial charge on any atom is 0.356 e. The highest BCUT2D eigenvalue weighted by molar-refractivity contribution is 6.32. The molecule has 0 fully saturated rings. The van der Waals surface area contributed by atoms with Gasteiger partial charge in [-0.25, -0.2) is 9.78 Å². The smallest absolute Gasteiger partial charge is 0.356 e. The molecule has 2 rings (SSSR count). The Labute approximate surface area is 125 Å². The number of carbonyl (C=O) groups is 1. The normalized spacial score (nSPS) is 10.0. The molecular formula is C13H12ClN3O4. The van der Waals surface area contributed by atoms with Crippen LogP contribution in [0.15, 0.2) is 24.5 Å². The van der Waals surface area contributed by atoms with Crippen LogP contribution < -0.4 is 14.8 Å². The van der Waals surface area contributed by atoms with Crippen molar-refractivity contribution < 1.29 is 19.4 Å². The predicted molar refractivity (Wildman–Crippen MR) is 76.8 cm³/mol. The van der Waals surface area contributed by atoms with Gasteiger partial charge in [0, 0.05) is 12.1 Å². The molecule has 0 saturated heterocycles. The zero-order valence-electron chi connectivity index (χ0n) is 11.3. The number of hydrogen-bond donors (Lipinski definition) is 2. The Kier molecular flexibility index (Phi) is 4.44. The summed E-state index contributed by atoms with van der Waals surface area (Å²) in [4.78, 5) is 18.6. The molecule has 0 atom stereocenters. The molecule has 0 bridgehead atoms. The number of carboxylic acids is 1. The van der Waals surface area contributed by atoms with E-state index in [2.05, 4.69) is 15.3 Å². The lowest BCUT2D eigenvalue weighted by atomic mass is 10.2. The van der Waals surface area contributed by atoms with E-state index in [-0.39, 0.29) is 11.5 Å². The van der Waals surface area contributed by atoms with Gasteiger partial charge < -0.3 is 19.9 Å². The van der Waals surface area contributed by atoms with E-state index in [1.165, 1.54) is 20.4 Å². The van der Waals surface area contributed by atoms with E-state index in [1.54, 1.807) is 12.1 Å². The summed E-state index contributed by atoms with van der Waals surface area (Å²) in [5.74, 6) is 0.00928. The number of halogens is 1. The maximum absolute atomic E-state index is 10.9. The second-order valence-corrected chi connectivity index (χ2v) is 4.31. The van der Waals surface area contributed by atoms with E-state index < -0.39 is 5.97 Å². The number of nitrogens with zero attached hydrogens (tertiary/aromatic N) is 2. The third kappa shape index (κ3) is 3.32. The number of methoxy groups -OCH3 is 2. The van der Waals surface area contributed by atoms with Gasteiger partial charge in [-0.2, -0.15) is 0 Å². The fourth-order valence-electron chi connectivity index (χ4n) is 1.63. The molecular weight excluding hydrogens is 298 g/mol. The summed E-state index contributed by atoms with van der Waals surface area (Å²) in [6, 6.07) is 3.20. The number of aromatic carboxylic acids is 1. The molecule has 2 aromatic rings. The van der Waals surface area contributed by atoms with Crippen molar-refractivity contribution in [1.82, 2.24) is 9.97 Å². The Morgan fingerprint density at radius 2 is 1.95 bits per heavy atom. The van der Waals surface area contributed by atoms with Crippen LogP contribution in [0.4, 0.5) is 11.5 Å². The van der Waals surface area contributed by atoms with Gasteiger partial charge in [0.05, 0.1) is 37.3 Å². The molecule has 0 radical (unpaired) electrons. The van der Waals surface area contributed by atoms with Gasteiger partial charge in [-0.15, -0.1) is 0 Å². The maximum atomic E-state index is 10.9. The molecule has 0 aliphatic rings. The van der Waals surface area contributed by atoms with Gasteiger partial charge in [-0.1, -0.05) is 11.6 Å². The molecule has 2 N–H and O–H groups in total. The molecule has 0 unspecified atom stereocenters. The second kappa shape index (κ2) is 6.27. The van der Waals surface area contributed by atoms with Gasteiger partial charge in [0.15, 0.2) is 5.69 Å². The first-order valence-corrected chi connectivity index (χ1v) is 6.17. The van der Waals surface area contributed by atoms with Gasteiger partial charge in [0.25, 0.3) is 0 Å². The monoisotopic (exact) mass is 309 g/mol. The Balaban J connectivity index is 2.38. The average molecular weight is 310 g/mol. The van der Waals surface area contributed by atoms with Crippen LogP contribution in [0.5, 0.6) is 11.5 Å². The molecule has 110 valence electrons. The molecule has 1 heterocycles. The third-order valence-corrected chi connectivity index (χ3v) is 2.89. The number of anilines is 2. The van der Waals surface area contributed by atoms with Crippen LogP contribution in [0.3, 0.4) is 0 Å². The molecule has 0 aliphatic carbocycles. The van der Waals surface area contributed by atoms with Gasteiger partial charge in [0.1, 0.15) is 17.3 Å². The lowest BCUT2D eigenvalue weighted by Crippen LogP contribution is -2.04. The first-order valence-electron chi connectivity index (χ1n) is 5.79. The molecule has 1 aromatic heterocycles. The van der Waals surface area contributed by atoms with Gasteiger partial charge in [-0.3, -0.25) is 4.98 Å². The first kappa shape index (κ1) is 14.9. The largest absolute Gasteiger partial charge is 0.495 e. The molecule has 0 spiro atoms. The zero-order valence-corrected chi connectivity index (χ0v) is 12.0. The zero-order chi connectivity index (χ0) is 15.4. The Morgan fingerprint density at radius 1 is 1.24 bits per heavy atom. The standard InChI is InChI=1S/C13H12ClN3O4/c1-20-10-4-8(11(21-2)3-7(10)14)16-12-6-15-5-9(17-12)13(18)19/h3-6H,1-2H3,(H,16,17)(H,18,19). The number of ether oxygens (including phenoxy) is 2. The van der Waals surface area contributed by atoms with E-state index in [0.29, 0.717) is 22.2 Å².